The minimum atomic E-state index is -4.72. The van der Waals surface area contributed by atoms with E-state index in [0.29, 0.717) is 24.4 Å². The second kappa shape index (κ2) is 4.29. The van der Waals surface area contributed by atoms with Crippen LogP contribution in [0.4, 0.5) is 18.3 Å². The molecule has 1 aliphatic carbocycles. The van der Waals surface area contributed by atoms with Crippen molar-refractivity contribution in [3.63, 3.8) is 0 Å². The molecule has 0 aromatic carbocycles. The molecule has 17 heavy (non-hydrogen) atoms. The number of nitrogens with zero attached hydrogens (tertiary/aromatic N) is 1. The largest absolute Gasteiger partial charge is 0.449 e. The van der Waals surface area contributed by atoms with Crippen molar-refractivity contribution in [1.29, 1.82) is 0 Å². The van der Waals surface area contributed by atoms with Gasteiger partial charge in [0, 0.05) is 11.3 Å². The monoisotopic (exact) mass is 264 g/mol. The predicted molar refractivity (Wildman–Crippen MR) is 57.7 cm³/mol. The van der Waals surface area contributed by atoms with Gasteiger partial charge in [-0.25, -0.2) is 4.98 Å². The van der Waals surface area contributed by atoms with Crippen LogP contribution < -0.4 is 5.73 Å². The molecule has 0 unspecified atom stereocenters. The number of hydrogen-bond donors (Lipinski definition) is 1. The first-order chi connectivity index (χ1) is 7.86. The Balaban J connectivity index is 2.01. The van der Waals surface area contributed by atoms with Crippen molar-refractivity contribution in [1.82, 2.24) is 4.98 Å². The number of anilines is 1. The molecule has 1 aliphatic rings. The molecule has 94 valence electrons. The van der Waals surface area contributed by atoms with Gasteiger partial charge in [0.1, 0.15) is 0 Å². The molecule has 3 nitrogen and oxygen atoms in total. The number of hydrogen-bond acceptors (Lipinski definition) is 4. The molecule has 0 saturated heterocycles. The van der Waals surface area contributed by atoms with E-state index >= 15 is 0 Å². The van der Waals surface area contributed by atoms with Crippen molar-refractivity contribution < 1.29 is 18.0 Å². The first-order valence-electron chi connectivity index (χ1n) is 5.20. The van der Waals surface area contributed by atoms with E-state index < -0.39 is 18.4 Å². The normalized spacial score (nSPS) is 20.1. The first kappa shape index (κ1) is 12.3. The zero-order valence-corrected chi connectivity index (χ0v) is 9.70. The first-order valence-corrected chi connectivity index (χ1v) is 6.02. The fourth-order valence-corrected chi connectivity index (χ4v) is 3.01. The van der Waals surface area contributed by atoms with E-state index in [1.165, 1.54) is 11.3 Å². The molecule has 7 heteroatoms. The van der Waals surface area contributed by atoms with Gasteiger partial charge < -0.3 is 5.73 Å². The molecule has 1 aromatic heterocycles. The Morgan fingerprint density at radius 2 is 2.24 bits per heavy atom. The predicted octanol–water partition coefficient (Wildman–Crippen LogP) is 2.35. The maximum Gasteiger partial charge on any atom is 0.449 e. The third-order valence-corrected chi connectivity index (χ3v) is 3.80. The number of alkyl halides is 3. The van der Waals surface area contributed by atoms with E-state index in [9.17, 15) is 18.0 Å². The van der Waals surface area contributed by atoms with Crippen LogP contribution in [0, 0.1) is 5.92 Å². The lowest BCUT2D eigenvalue weighted by Crippen LogP contribution is -2.27. The van der Waals surface area contributed by atoms with E-state index in [1.54, 1.807) is 0 Å². The molecule has 1 heterocycles. The van der Waals surface area contributed by atoms with E-state index in [4.69, 9.17) is 5.73 Å². The molecule has 0 amide bonds. The summed E-state index contributed by atoms with van der Waals surface area (Å²) in [6.07, 6.45) is -3.49. The number of aromatic nitrogens is 1. The van der Waals surface area contributed by atoms with Crippen LogP contribution in [0.5, 0.6) is 0 Å². The highest BCUT2D eigenvalue weighted by atomic mass is 32.1. The van der Waals surface area contributed by atoms with Gasteiger partial charge in [0.05, 0.1) is 5.69 Å². The Hall–Kier alpha value is -1.11. The van der Waals surface area contributed by atoms with Crippen molar-refractivity contribution >= 4 is 22.3 Å². The Morgan fingerprint density at radius 3 is 2.88 bits per heavy atom. The molecular weight excluding hydrogens is 253 g/mol. The number of fused-ring (bicyclic) bond motifs is 1. The number of nitrogens with two attached hydrogens (primary N) is 1. The number of rotatable bonds is 2. The summed E-state index contributed by atoms with van der Waals surface area (Å²) in [4.78, 5) is 15.9. The summed E-state index contributed by atoms with van der Waals surface area (Å²) >= 11 is 1.30. The Kier molecular flexibility index (Phi) is 3.11. The number of carbonyl (C=O) groups is 1. The molecule has 0 aliphatic heterocycles. The van der Waals surface area contributed by atoms with Crippen molar-refractivity contribution in [3.8, 4) is 0 Å². The molecule has 0 spiro atoms. The standard InChI is InChI=1S/C10H11F3N2OS/c11-10(12,13)8(16)4-5-1-2-6-7(3-5)17-9(14)15-6/h5H,1-4H2,(H2,14,15)/t5-/m0/s1. The lowest BCUT2D eigenvalue weighted by atomic mass is 9.87. The fraction of sp³-hybridized carbons (Fsp3) is 0.600. The molecule has 0 saturated carbocycles. The molecular formula is C10H11F3N2OS. The van der Waals surface area contributed by atoms with Crippen LogP contribution in [0.3, 0.4) is 0 Å². The molecule has 0 bridgehead atoms. The van der Waals surface area contributed by atoms with Crippen LogP contribution in [0.2, 0.25) is 0 Å². The van der Waals surface area contributed by atoms with E-state index in [1.807, 2.05) is 0 Å². The minimum Gasteiger partial charge on any atom is -0.375 e. The molecule has 2 N–H and O–H groups in total. The quantitative estimate of drug-likeness (QED) is 0.892. The van der Waals surface area contributed by atoms with Gasteiger partial charge in [-0.15, -0.1) is 11.3 Å². The van der Waals surface area contributed by atoms with Gasteiger partial charge in [0.25, 0.3) is 0 Å². The van der Waals surface area contributed by atoms with Crippen LogP contribution in [0.25, 0.3) is 0 Å². The van der Waals surface area contributed by atoms with Gasteiger partial charge in [-0.3, -0.25) is 4.79 Å². The van der Waals surface area contributed by atoms with Crippen LogP contribution >= 0.6 is 11.3 Å². The zero-order chi connectivity index (χ0) is 12.6. The highest BCUT2D eigenvalue weighted by Gasteiger charge is 2.39. The summed E-state index contributed by atoms with van der Waals surface area (Å²) in [5, 5.41) is 0.442. The average Bonchev–Trinajstić information content (AvgIpc) is 2.55. The summed E-state index contributed by atoms with van der Waals surface area (Å²) < 4.78 is 36.4. The lowest BCUT2D eigenvalue weighted by molar-refractivity contribution is -0.172. The van der Waals surface area contributed by atoms with Gasteiger partial charge in [0.15, 0.2) is 5.13 Å². The molecule has 1 aromatic rings. The number of nitrogen functional groups attached to an aromatic ring is 1. The van der Waals surface area contributed by atoms with Crippen LogP contribution in [-0.2, 0) is 17.6 Å². The van der Waals surface area contributed by atoms with Gasteiger partial charge in [-0.2, -0.15) is 13.2 Å². The number of halogens is 3. The Labute approximate surface area is 99.8 Å². The summed E-state index contributed by atoms with van der Waals surface area (Å²) in [7, 11) is 0. The van der Waals surface area contributed by atoms with Crippen LogP contribution in [-0.4, -0.2) is 16.9 Å². The number of thiazole rings is 1. The maximum atomic E-state index is 12.1. The topological polar surface area (TPSA) is 56.0 Å². The third kappa shape index (κ3) is 2.77. The fourth-order valence-electron chi connectivity index (χ4n) is 2.02. The van der Waals surface area contributed by atoms with Gasteiger partial charge in [0.2, 0.25) is 5.78 Å². The summed E-state index contributed by atoms with van der Waals surface area (Å²) in [5.74, 6) is -1.88. The van der Waals surface area contributed by atoms with Crippen molar-refractivity contribution in [2.75, 3.05) is 5.73 Å². The van der Waals surface area contributed by atoms with Gasteiger partial charge in [-0.05, 0) is 25.2 Å². The minimum absolute atomic E-state index is 0.239. The van der Waals surface area contributed by atoms with Gasteiger partial charge in [-0.1, -0.05) is 0 Å². The second-order valence-electron chi connectivity index (χ2n) is 4.16. The van der Waals surface area contributed by atoms with E-state index in [2.05, 4.69) is 4.98 Å². The molecule has 2 rings (SSSR count). The molecule has 0 radical (unpaired) electrons. The maximum absolute atomic E-state index is 12.1. The summed E-state index contributed by atoms with van der Waals surface area (Å²) in [6, 6.07) is 0. The van der Waals surface area contributed by atoms with Gasteiger partial charge >= 0.3 is 6.18 Å². The average molecular weight is 264 g/mol. The summed E-state index contributed by atoms with van der Waals surface area (Å²) in [6.45, 7) is 0. The summed E-state index contributed by atoms with van der Waals surface area (Å²) in [5.41, 5.74) is 6.41. The zero-order valence-electron chi connectivity index (χ0n) is 8.88. The van der Waals surface area contributed by atoms with E-state index in [0.717, 1.165) is 10.6 Å². The lowest BCUT2D eigenvalue weighted by Gasteiger charge is -2.20. The number of Topliss-reactive ketones (excluding diaryl/α,β-unsaturated/α-hetero) is 1. The smallest absolute Gasteiger partial charge is 0.375 e. The number of ketones is 1. The molecule has 0 fully saturated rings. The second-order valence-corrected chi connectivity index (χ2v) is 5.27. The third-order valence-electron chi connectivity index (χ3n) is 2.85. The van der Waals surface area contributed by atoms with E-state index in [-0.39, 0.29) is 5.92 Å². The Morgan fingerprint density at radius 1 is 1.53 bits per heavy atom. The van der Waals surface area contributed by atoms with Crippen molar-refractivity contribution in [3.05, 3.63) is 10.6 Å². The molecule has 1 atom stereocenters. The highest BCUT2D eigenvalue weighted by molar-refractivity contribution is 7.15. The van der Waals surface area contributed by atoms with Crippen LogP contribution in [0.1, 0.15) is 23.4 Å². The number of carbonyl (C=O) groups excluding carboxylic acids is 1. The number of aryl methyl sites for hydroxylation is 1. The van der Waals surface area contributed by atoms with Crippen LogP contribution in [0.15, 0.2) is 0 Å². The van der Waals surface area contributed by atoms with Crippen molar-refractivity contribution in [2.24, 2.45) is 5.92 Å². The SMILES string of the molecule is Nc1nc2c(s1)C[C@@H](CC(=O)C(F)(F)F)CC2. The Bertz CT molecular complexity index is 441. The van der Waals surface area contributed by atoms with Crippen molar-refractivity contribution in [2.45, 2.75) is 31.9 Å². The highest BCUT2D eigenvalue weighted by Crippen LogP contribution is 2.33.